The predicted octanol–water partition coefficient (Wildman–Crippen LogP) is 3.08. The molecular formula is C13H27NO. The lowest BCUT2D eigenvalue weighted by molar-refractivity contribution is -0.131. The Hall–Kier alpha value is -0.530. The van der Waals surface area contributed by atoms with Gasteiger partial charge in [-0.15, -0.1) is 0 Å². The van der Waals surface area contributed by atoms with Crippen LogP contribution in [0.15, 0.2) is 0 Å². The van der Waals surface area contributed by atoms with Crippen LogP contribution < -0.4 is 5.32 Å². The molecule has 0 aromatic heterocycles. The van der Waals surface area contributed by atoms with Gasteiger partial charge in [-0.2, -0.15) is 0 Å². The van der Waals surface area contributed by atoms with Gasteiger partial charge >= 0.3 is 0 Å². The minimum absolute atomic E-state index is 0.230. The van der Waals surface area contributed by atoms with Crippen LogP contribution >= 0.6 is 0 Å². The van der Waals surface area contributed by atoms with Gasteiger partial charge in [0.25, 0.3) is 0 Å². The standard InChI is InChI=1S/C11H21NO.C2H6/c1-7(2)9-5-6-12-11(13)10(9)8(3)4;1-2/h7-10H,5-6H2,1-4H3,(H,12,13);1-2H3. The molecule has 2 nitrogen and oxygen atoms in total. The molecule has 0 saturated carbocycles. The van der Waals surface area contributed by atoms with Gasteiger partial charge in [0.15, 0.2) is 0 Å². The molecule has 2 atom stereocenters. The van der Waals surface area contributed by atoms with Crippen molar-refractivity contribution in [2.24, 2.45) is 23.7 Å². The maximum absolute atomic E-state index is 11.6. The van der Waals surface area contributed by atoms with E-state index in [0.29, 0.717) is 17.8 Å². The lowest BCUT2D eigenvalue weighted by atomic mass is 9.73. The third kappa shape index (κ3) is 3.84. The summed E-state index contributed by atoms with van der Waals surface area (Å²) >= 11 is 0. The monoisotopic (exact) mass is 213 g/mol. The summed E-state index contributed by atoms with van der Waals surface area (Å²) in [5, 5.41) is 2.96. The highest BCUT2D eigenvalue weighted by atomic mass is 16.2. The number of carbonyl (C=O) groups excluding carboxylic acids is 1. The molecule has 1 aliphatic heterocycles. The van der Waals surface area contributed by atoms with E-state index in [1.54, 1.807) is 0 Å². The molecule has 1 rings (SSSR count). The maximum Gasteiger partial charge on any atom is 0.223 e. The predicted molar refractivity (Wildman–Crippen MR) is 65.6 cm³/mol. The van der Waals surface area contributed by atoms with Crippen molar-refractivity contribution in [3.63, 3.8) is 0 Å². The molecule has 0 bridgehead atoms. The lowest BCUT2D eigenvalue weighted by Gasteiger charge is -2.36. The Bertz CT molecular complexity index is 187. The number of carbonyl (C=O) groups is 1. The number of nitrogens with one attached hydrogen (secondary N) is 1. The Labute approximate surface area is 94.8 Å². The molecule has 0 aromatic rings. The van der Waals surface area contributed by atoms with Crippen LogP contribution in [-0.4, -0.2) is 12.5 Å². The molecule has 0 radical (unpaired) electrons. The first-order valence-electron chi connectivity index (χ1n) is 6.31. The molecule has 1 heterocycles. The molecule has 1 N–H and O–H groups in total. The van der Waals surface area contributed by atoms with E-state index in [9.17, 15) is 4.79 Å². The van der Waals surface area contributed by atoms with Crippen LogP contribution in [0.5, 0.6) is 0 Å². The van der Waals surface area contributed by atoms with Crippen LogP contribution in [0.2, 0.25) is 0 Å². The molecule has 2 unspecified atom stereocenters. The summed E-state index contributed by atoms with van der Waals surface area (Å²) in [4.78, 5) is 11.6. The number of hydrogen-bond acceptors (Lipinski definition) is 1. The molecule has 0 aliphatic carbocycles. The molecule has 90 valence electrons. The topological polar surface area (TPSA) is 29.1 Å². The average molecular weight is 213 g/mol. The normalized spacial score (nSPS) is 26.0. The van der Waals surface area contributed by atoms with Crippen molar-refractivity contribution in [1.82, 2.24) is 5.32 Å². The summed E-state index contributed by atoms with van der Waals surface area (Å²) in [7, 11) is 0. The van der Waals surface area contributed by atoms with Gasteiger partial charge in [0.05, 0.1) is 0 Å². The fourth-order valence-corrected chi connectivity index (χ4v) is 2.40. The van der Waals surface area contributed by atoms with Crippen molar-refractivity contribution >= 4 is 5.91 Å². The van der Waals surface area contributed by atoms with Gasteiger partial charge in [-0.1, -0.05) is 41.5 Å². The molecule has 1 aliphatic rings. The fourth-order valence-electron chi connectivity index (χ4n) is 2.40. The molecule has 1 fully saturated rings. The van der Waals surface area contributed by atoms with E-state index < -0.39 is 0 Å². The van der Waals surface area contributed by atoms with Gasteiger partial charge in [-0.25, -0.2) is 0 Å². The minimum Gasteiger partial charge on any atom is -0.356 e. The van der Waals surface area contributed by atoms with Gasteiger partial charge in [-0.05, 0) is 24.2 Å². The van der Waals surface area contributed by atoms with E-state index in [1.165, 1.54) is 0 Å². The van der Waals surface area contributed by atoms with Crippen molar-refractivity contribution in [1.29, 1.82) is 0 Å². The van der Waals surface area contributed by atoms with Crippen molar-refractivity contribution in [3.8, 4) is 0 Å². The first-order valence-corrected chi connectivity index (χ1v) is 6.31. The third-order valence-corrected chi connectivity index (χ3v) is 3.12. The average Bonchev–Trinajstić information content (AvgIpc) is 2.19. The van der Waals surface area contributed by atoms with E-state index in [2.05, 4.69) is 33.0 Å². The van der Waals surface area contributed by atoms with Crippen LogP contribution in [0.25, 0.3) is 0 Å². The smallest absolute Gasteiger partial charge is 0.223 e. The van der Waals surface area contributed by atoms with E-state index in [-0.39, 0.29) is 11.8 Å². The summed E-state index contributed by atoms with van der Waals surface area (Å²) < 4.78 is 0. The van der Waals surface area contributed by atoms with E-state index in [1.807, 2.05) is 13.8 Å². The quantitative estimate of drug-likeness (QED) is 0.750. The molecule has 2 heteroatoms. The van der Waals surface area contributed by atoms with E-state index >= 15 is 0 Å². The number of rotatable bonds is 2. The second-order valence-corrected chi connectivity index (χ2v) is 4.76. The molecule has 1 saturated heterocycles. The van der Waals surface area contributed by atoms with Crippen molar-refractivity contribution in [2.45, 2.75) is 48.0 Å². The van der Waals surface area contributed by atoms with Gasteiger partial charge in [0.2, 0.25) is 5.91 Å². The number of amides is 1. The van der Waals surface area contributed by atoms with Crippen molar-refractivity contribution in [2.75, 3.05) is 6.54 Å². The Balaban J connectivity index is 0.000000921. The zero-order valence-corrected chi connectivity index (χ0v) is 11.1. The second-order valence-electron chi connectivity index (χ2n) is 4.76. The Kier molecular flexibility index (Phi) is 6.62. The molecule has 1 amide bonds. The summed E-state index contributed by atoms with van der Waals surface area (Å²) in [6, 6.07) is 0. The zero-order chi connectivity index (χ0) is 12.0. The zero-order valence-electron chi connectivity index (χ0n) is 11.1. The molecule has 0 spiro atoms. The minimum atomic E-state index is 0.230. The Morgan fingerprint density at radius 1 is 1.13 bits per heavy atom. The highest BCUT2D eigenvalue weighted by molar-refractivity contribution is 5.79. The molecular weight excluding hydrogens is 186 g/mol. The highest BCUT2D eigenvalue weighted by Crippen LogP contribution is 2.32. The Morgan fingerprint density at radius 2 is 1.67 bits per heavy atom. The lowest BCUT2D eigenvalue weighted by Crippen LogP contribution is -2.46. The van der Waals surface area contributed by atoms with Gasteiger partial charge < -0.3 is 5.32 Å². The summed E-state index contributed by atoms with van der Waals surface area (Å²) in [6.45, 7) is 13.6. The van der Waals surface area contributed by atoms with E-state index in [0.717, 1.165) is 13.0 Å². The highest BCUT2D eigenvalue weighted by Gasteiger charge is 2.35. The van der Waals surface area contributed by atoms with Crippen LogP contribution in [-0.2, 0) is 4.79 Å². The SMILES string of the molecule is CC.CC(C)C1CCNC(=O)C1C(C)C. The second kappa shape index (κ2) is 6.86. The first-order chi connectivity index (χ1) is 7.04. The number of piperidine rings is 1. The fraction of sp³-hybridized carbons (Fsp3) is 0.923. The summed E-state index contributed by atoms with van der Waals surface area (Å²) in [5.41, 5.74) is 0. The third-order valence-electron chi connectivity index (χ3n) is 3.12. The van der Waals surface area contributed by atoms with Gasteiger partial charge in [0, 0.05) is 12.5 Å². The van der Waals surface area contributed by atoms with Gasteiger partial charge in [-0.3, -0.25) is 4.79 Å². The largest absolute Gasteiger partial charge is 0.356 e. The van der Waals surface area contributed by atoms with Crippen molar-refractivity contribution in [3.05, 3.63) is 0 Å². The summed E-state index contributed by atoms with van der Waals surface area (Å²) in [6.07, 6.45) is 1.15. The van der Waals surface area contributed by atoms with Crippen LogP contribution in [0, 0.1) is 23.7 Å². The Morgan fingerprint density at radius 3 is 2.00 bits per heavy atom. The summed E-state index contributed by atoms with van der Waals surface area (Å²) in [5.74, 6) is 2.16. The van der Waals surface area contributed by atoms with Crippen LogP contribution in [0.3, 0.4) is 0 Å². The van der Waals surface area contributed by atoms with Crippen LogP contribution in [0.1, 0.15) is 48.0 Å². The molecule has 0 aromatic carbocycles. The first kappa shape index (κ1) is 14.5. The van der Waals surface area contributed by atoms with Gasteiger partial charge in [0.1, 0.15) is 0 Å². The van der Waals surface area contributed by atoms with Crippen molar-refractivity contribution < 1.29 is 4.79 Å². The number of hydrogen-bond donors (Lipinski definition) is 1. The molecule has 15 heavy (non-hydrogen) atoms. The maximum atomic E-state index is 11.6. The van der Waals surface area contributed by atoms with E-state index in [4.69, 9.17) is 0 Å². The van der Waals surface area contributed by atoms with Crippen LogP contribution in [0.4, 0.5) is 0 Å².